The molecule has 2 nitrogen and oxygen atoms in total. The minimum absolute atomic E-state index is 0.259. The van der Waals surface area contributed by atoms with Gasteiger partial charge in [0.15, 0.2) is 0 Å². The zero-order valence-corrected chi connectivity index (χ0v) is 9.48. The largest absolute Gasteiger partial charge is 0.508 e. The number of rotatable bonds is 5. The molecule has 15 heavy (non-hydrogen) atoms. The Bertz CT molecular complexity index is 294. The zero-order valence-electron chi connectivity index (χ0n) is 9.48. The smallest absolute Gasteiger partial charge is 0.119 e. The van der Waals surface area contributed by atoms with Gasteiger partial charge >= 0.3 is 0 Å². The highest BCUT2D eigenvalue weighted by molar-refractivity contribution is 5.34. The maximum absolute atomic E-state index is 9.71. The summed E-state index contributed by atoms with van der Waals surface area (Å²) in [5.41, 5.74) is 1.00. The Morgan fingerprint density at radius 2 is 1.87 bits per heavy atom. The molecule has 0 spiro atoms. The molecule has 0 aliphatic heterocycles. The van der Waals surface area contributed by atoms with Crippen molar-refractivity contribution in [3.63, 3.8) is 0 Å². The molecule has 0 aliphatic rings. The summed E-state index contributed by atoms with van der Waals surface area (Å²) in [6.45, 7) is 3.91. The van der Waals surface area contributed by atoms with Gasteiger partial charge in [-0.3, -0.25) is 0 Å². The highest BCUT2D eigenvalue weighted by Gasteiger charge is 2.13. The molecule has 0 amide bonds. The van der Waals surface area contributed by atoms with Crippen LogP contribution in [0, 0.1) is 0 Å². The summed E-state index contributed by atoms with van der Waals surface area (Å²) >= 11 is 0. The van der Waals surface area contributed by atoms with Crippen molar-refractivity contribution in [2.75, 3.05) is 0 Å². The van der Waals surface area contributed by atoms with Crippen molar-refractivity contribution in [3.05, 3.63) is 29.8 Å². The van der Waals surface area contributed by atoms with Crippen LogP contribution in [0.4, 0.5) is 0 Å². The topological polar surface area (TPSA) is 40.5 Å². The van der Waals surface area contributed by atoms with E-state index in [1.165, 1.54) is 0 Å². The van der Waals surface area contributed by atoms with E-state index in [-0.39, 0.29) is 6.10 Å². The summed E-state index contributed by atoms with van der Waals surface area (Å²) in [5, 5.41) is 19.0. The third-order valence-corrected chi connectivity index (χ3v) is 2.80. The van der Waals surface area contributed by atoms with Crippen LogP contribution in [0.5, 0.6) is 5.75 Å². The van der Waals surface area contributed by atoms with E-state index in [2.05, 4.69) is 6.92 Å². The van der Waals surface area contributed by atoms with E-state index in [1.54, 1.807) is 13.0 Å². The highest BCUT2D eigenvalue weighted by atomic mass is 16.3. The quantitative estimate of drug-likeness (QED) is 0.780. The van der Waals surface area contributed by atoms with E-state index in [4.69, 9.17) is 0 Å². The van der Waals surface area contributed by atoms with Gasteiger partial charge in [0.25, 0.3) is 0 Å². The van der Waals surface area contributed by atoms with E-state index in [9.17, 15) is 10.2 Å². The minimum Gasteiger partial charge on any atom is -0.508 e. The van der Waals surface area contributed by atoms with Crippen molar-refractivity contribution in [1.82, 2.24) is 0 Å². The van der Waals surface area contributed by atoms with Crippen LogP contribution in [-0.4, -0.2) is 16.3 Å². The van der Waals surface area contributed by atoms with E-state index in [0.29, 0.717) is 11.7 Å². The molecular formula is C13H20O2. The summed E-state index contributed by atoms with van der Waals surface area (Å²) in [4.78, 5) is 0. The molecule has 1 aromatic rings. The van der Waals surface area contributed by atoms with Crippen LogP contribution >= 0.6 is 0 Å². The number of hydrogen-bond acceptors (Lipinski definition) is 2. The molecule has 1 rings (SSSR count). The van der Waals surface area contributed by atoms with Gasteiger partial charge < -0.3 is 10.2 Å². The summed E-state index contributed by atoms with van der Waals surface area (Å²) in [6, 6.07) is 7.46. The van der Waals surface area contributed by atoms with Crippen molar-refractivity contribution in [1.29, 1.82) is 0 Å². The molecule has 0 unspecified atom stereocenters. The minimum atomic E-state index is -0.259. The highest BCUT2D eigenvalue weighted by Crippen LogP contribution is 2.31. The summed E-state index contributed by atoms with van der Waals surface area (Å²) in [5.74, 6) is 0.718. The van der Waals surface area contributed by atoms with E-state index >= 15 is 0 Å². The number of hydrogen-bond donors (Lipinski definition) is 2. The number of benzene rings is 1. The second-order valence-corrected chi connectivity index (χ2v) is 4.09. The summed E-state index contributed by atoms with van der Waals surface area (Å²) < 4.78 is 0. The van der Waals surface area contributed by atoms with E-state index in [0.717, 1.165) is 24.8 Å². The fourth-order valence-electron chi connectivity index (χ4n) is 1.85. The monoisotopic (exact) mass is 208 g/mol. The van der Waals surface area contributed by atoms with Crippen molar-refractivity contribution in [3.8, 4) is 5.75 Å². The van der Waals surface area contributed by atoms with Crippen LogP contribution in [-0.2, 0) is 0 Å². The average molecular weight is 208 g/mol. The molecule has 0 radical (unpaired) electrons. The van der Waals surface area contributed by atoms with Gasteiger partial charge in [0.2, 0.25) is 0 Å². The molecule has 0 heterocycles. The first-order valence-electron chi connectivity index (χ1n) is 5.61. The molecule has 0 fully saturated rings. The van der Waals surface area contributed by atoms with Crippen LogP contribution in [0.3, 0.4) is 0 Å². The third kappa shape index (κ3) is 3.56. The molecule has 0 bridgehead atoms. The number of aromatic hydroxyl groups is 1. The van der Waals surface area contributed by atoms with Crippen molar-refractivity contribution in [2.24, 2.45) is 0 Å². The first-order chi connectivity index (χ1) is 7.15. The molecule has 2 N–H and O–H groups in total. The number of phenols is 1. The number of phenolic OH excluding ortho intramolecular Hbond substituents is 1. The maximum Gasteiger partial charge on any atom is 0.119 e. The van der Waals surface area contributed by atoms with Gasteiger partial charge in [0.1, 0.15) is 5.75 Å². The maximum atomic E-state index is 9.71. The Hall–Kier alpha value is -1.02. The van der Waals surface area contributed by atoms with Gasteiger partial charge in [0, 0.05) is 0 Å². The zero-order chi connectivity index (χ0) is 11.3. The summed E-state index contributed by atoms with van der Waals surface area (Å²) in [6.07, 6.45) is 2.44. The lowest BCUT2D eigenvalue weighted by molar-refractivity contribution is 0.177. The second-order valence-electron chi connectivity index (χ2n) is 4.09. The van der Waals surface area contributed by atoms with Gasteiger partial charge in [-0.05, 0) is 43.7 Å². The van der Waals surface area contributed by atoms with Crippen LogP contribution < -0.4 is 0 Å². The standard InChI is InChI=1S/C13H20O2/c1-3-11(9-8-10(2)14)12-6-4-5-7-13(12)15/h4-7,10-11,14-15H,3,8-9H2,1-2H3/t10-,11-/m1/s1. The molecule has 1 aromatic carbocycles. The molecular weight excluding hydrogens is 188 g/mol. The normalized spacial score (nSPS) is 14.9. The SMILES string of the molecule is CC[C@H](CC[C@@H](C)O)c1ccccc1O. The lowest BCUT2D eigenvalue weighted by Crippen LogP contribution is -2.04. The van der Waals surface area contributed by atoms with Crippen molar-refractivity contribution >= 4 is 0 Å². The van der Waals surface area contributed by atoms with Gasteiger partial charge in [-0.15, -0.1) is 0 Å². The number of para-hydroxylation sites is 1. The molecule has 0 aromatic heterocycles. The van der Waals surface area contributed by atoms with Crippen LogP contribution in [0.2, 0.25) is 0 Å². The molecule has 0 saturated carbocycles. The Morgan fingerprint density at radius 3 is 2.40 bits per heavy atom. The molecule has 0 aliphatic carbocycles. The van der Waals surface area contributed by atoms with Crippen molar-refractivity contribution < 1.29 is 10.2 Å². The Balaban J connectivity index is 2.70. The molecule has 0 saturated heterocycles. The van der Waals surface area contributed by atoms with Gasteiger partial charge in [-0.1, -0.05) is 25.1 Å². The predicted molar refractivity (Wildman–Crippen MR) is 62.1 cm³/mol. The van der Waals surface area contributed by atoms with Crippen LogP contribution in [0.1, 0.15) is 44.6 Å². The third-order valence-electron chi connectivity index (χ3n) is 2.80. The molecule has 84 valence electrons. The summed E-state index contributed by atoms with van der Waals surface area (Å²) in [7, 11) is 0. The van der Waals surface area contributed by atoms with E-state index < -0.39 is 0 Å². The van der Waals surface area contributed by atoms with Crippen LogP contribution in [0.25, 0.3) is 0 Å². The number of aliphatic hydroxyl groups is 1. The first kappa shape index (κ1) is 12.1. The fraction of sp³-hybridized carbons (Fsp3) is 0.538. The lowest BCUT2D eigenvalue weighted by atomic mass is 9.90. The Morgan fingerprint density at radius 1 is 1.20 bits per heavy atom. The number of aliphatic hydroxyl groups excluding tert-OH is 1. The Kier molecular flexibility index (Phi) is 4.63. The van der Waals surface area contributed by atoms with Crippen LogP contribution in [0.15, 0.2) is 24.3 Å². The lowest BCUT2D eigenvalue weighted by Gasteiger charge is -2.17. The second kappa shape index (κ2) is 5.76. The van der Waals surface area contributed by atoms with Crippen molar-refractivity contribution in [2.45, 2.75) is 45.1 Å². The molecule has 2 heteroatoms. The average Bonchev–Trinajstić information content (AvgIpc) is 2.21. The van der Waals surface area contributed by atoms with Gasteiger partial charge in [-0.2, -0.15) is 0 Å². The van der Waals surface area contributed by atoms with Gasteiger partial charge in [0.05, 0.1) is 6.10 Å². The molecule has 2 atom stereocenters. The first-order valence-corrected chi connectivity index (χ1v) is 5.61. The predicted octanol–water partition coefficient (Wildman–Crippen LogP) is 3.05. The fourth-order valence-corrected chi connectivity index (χ4v) is 1.85. The van der Waals surface area contributed by atoms with E-state index in [1.807, 2.05) is 18.2 Å². The Labute approximate surface area is 91.6 Å². The van der Waals surface area contributed by atoms with Gasteiger partial charge in [-0.25, -0.2) is 0 Å².